The summed E-state index contributed by atoms with van der Waals surface area (Å²) < 4.78 is 0. The highest BCUT2D eigenvalue weighted by atomic mass is 16.4. The quantitative estimate of drug-likeness (QED) is 0.662. The van der Waals surface area contributed by atoms with Gasteiger partial charge in [0.2, 0.25) is 5.91 Å². The van der Waals surface area contributed by atoms with Crippen LogP contribution in [-0.2, 0) is 9.59 Å². The Bertz CT molecular complexity index is 229. The molecule has 0 aliphatic carbocycles. The number of nitrogens with zero attached hydrogens (tertiary/aromatic N) is 1. The van der Waals surface area contributed by atoms with Crippen LogP contribution in [0.1, 0.15) is 20.8 Å². The molecule has 0 aliphatic heterocycles. The molecule has 0 aromatic carbocycles. The van der Waals surface area contributed by atoms with E-state index in [4.69, 9.17) is 10.8 Å². The number of carboxylic acid groups (broad SMARTS) is 1. The van der Waals surface area contributed by atoms with E-state index in [1.807, 2.05) is 13.8 Å². The average molecular weight is 216 g/mol. The van der Waals surface area contributed by atoms with E-state index >= 15 is 0 Å². The van der Waals surface area contributed by atoms with Gasteiger partial charge in [0.15, 0.2) is 0 Å². The van der Waals surface area contributed by atoms with Crippen LogP contribution in [0, 0.1) is 11.8 Å². The number of amides is 1. The number of nitrogens with two attached hydrogens (primary N) is 1. The van der Waals surface area contributed by atoms with Gasteiger partial charge in [-0.2, -0.15) is 0 Å². The fraction of sp³-hybridized carbons (Fsp3) is 0.800. The maximum absolute atomic E-state index is 11.9. The van der Waals surface area contributed by atoms with E-state index in [1.54, 1.807) is 6.92 Å². The van der Waals surface area contributed by atoms with Gasteiger partial charge in [-0.15, -0.1) is 0 Å². The number of carboxylic acids is 1. The minimum absolute atomic E-state index is 0.130. The summed E-state index contributed by atoms with van der Waals surface area (Å²) >= 11 is 0. The molecule has 1 atom stereocenters. The van der Waals surface area contributed by atoms with Crippen molar-refractivity contribution in [2.45, 2.75) is 20.8 Å². The zero-order valence-corrected chi connectivity index (χ0v) is 9.56. The second kappa shape index (κ2) is 6.40. The number of carbonyl (C=O) groups excluding carboxylic acids is 1. The summed E-state index contributed by atoms with van der Waals surface area (Å²) in [7, 11) is 0. The number of hydrogen-bond donors (Lipinski definition) is 2. The molecule has 0 heterocycles. The Balaban J connectivity index is 4.54. The highest BCUT2D eigenvalue weighted by molar-refractivity contribution is 5.83. The first-order valence-corrected chi connectivity index (χ1v) is 5.14. The van der Waals surface area contributed by atoms with Crippen molar-refractivity contribution in [3.05, 3.63) is 0 Å². The van der Waals surface area contributed by atoms with E-state index < -0.39 is 5.97 Å². The third-order valence-corrected chi connectivity index (χ3v) is 2.40. The Morgan fingerprint density at radius 3 is 2.20 bits per heavy atom. The number of likely N-dealkylation sites (N-methyl/N-ethyl adjacent to an activating group) is 1. The molecule has 0 bridgehead atoms. The van der Waals surface area contributed by atoms with Gasteiger partial charge in [-0.25, -0.2) is 0 Å². The molecule has 0 spiro atoms. The van der Waals surface area contributed by atoms with Crippen LogP contribution in [0.5, 0.6) is 0 Å². The topological polar surface area (TPSA) is 83.6 Å². The Morgan fingerprint density at radius 1 is 1.40 bits per heavy atom. The predicted molar refractivity (Wildman–Crippen MR) is 57.3 cm³/mol. The smallest absolute Gasteiger partial charge is 0.323 e. The van der Waals surface area contributed by atoms with Crippen LogP contribution in [0.4, 0.5) is 0 Å². The van der Waals surface area contributed by atoms with Gasteiger partial charge < -0.3 is 15.7 Å². The van der Waals surface area contributed by atoms with E-state index in [9.17, 15) is 9.59 Å². The summed E-state index contributed by atoms with van der Waals surface area (Å²) in [5.41, 5.74) is 5.50. The standard InChI is InChI=1S/C10H20N2O3/c1-4-12(6-9(13)14)10(15)8(5-11)7(2)3/h7-8H,4-6,11H2,1-3H3,(H,13,14). The van der Waals surface area contributed by atoms with Crippen LogP contribution < -0.4 is 5.73 Å². The summed E-state index contributed by atoms with van der Waals surface area (Å²) in [6.45, 7) is 5.97. The zero-order chi connectivity index (χ0) is 12.0. The van der Waals surface area contributed by atoms with Gasteiger partial charge in [0.1, 0.15) is 6.54 Å². The molecule has 0 radical (unpaired) electrons. The molecule has 0 aromatic heterocycles. The van der Waals surface area contributed by atoms with Crippen LogP contribution in [0.15, 0.2) is 0 Å². The van der Waals surface area contributed by atoms with Crippen molar-refractivity contribution in [2.75, 3.05) is 19.6 Å². The zero-order valence-electron chi connectivity index (χ0n) is 9.56. The molecule has 1 unspecified atom stereocenters. The Hall–Kier alpha value is -1.10. The van der Waals surface area contributed by atoms with Crippen molar-refractivity contribution >= 4 is 11.9 Å². The molecule has 5 nitrogen and oxygen atoms in total. The molecule has 0 rings (SSSR count). The molecule has 88 valence electrons. The fourth-order valence-electron chi connectivity index (χ4n) is 1.40. The summed E-state index contributed by atoms with van der Waals surface area (Å²) in [4.78, 5) is 23.7. The first-order chi connectivity index (χ1) is 6.93. The van der Waals surface area contributed by atoms with Gasteiger partial charge in [-0.3, -0.25) is 9.59 Å². The summed E-state index contributed by atoms with van der Waals surface area (Å²) in [5.74, 6) is -1.32. The molecule has 3 N–H and O–H groups in total. The van der Waals surface area contributed by atoms with Gasteiger partial charge in [0.25, 0.3) is 0 Å². The molecule has 5 heteroatoms. The number of aliphatic carboxylic acids is 1. The lowest BCUT2D eigenvalue weighted by atomic mass is 9.94. The van der Waals surface area contributed by atoms with Crippen molar-refractivity contribution in [1.29, 1.82) is 0 Å². The first kappa shape index (κ1) is 13.9. The minimum atomic E-state index is -0.996. The third-order valence-electron chi connectivity index (χ3n) is 2.40. The number of hydrogen-bond acceptors (Lipinski definition) is 3. The van der Waals surface area contributed by atoms with Crippen LogP contribution in [0.3, 0.4) is 0 Å². The molecule has 0 aromatic rings. The van der Waals surface area contributed by atoms with E-state index in [2.05, 4.69) is 0 Å². The Kier molecular flexibility index (Phi) is 5.93. The Labute approximate surface area is 90.2 Å². The second-order valence-electron chi connectivity index (χ2n) is 3.83. The van der Waals surface area contributed by atoms with E-state index in [-0.39, 0.29) is 30.8 Å². The van der Waals surface area contributed by atoms with Gasteiger partial charge in [-0.05, 0) is 12.8 Å². The molecule has 0 aliphatic rings. The van der Waals surface area contributed by atoms with Crippen LogP contribution in [0.2, 0.25) is 0 Å². The molecule has 0 saturated carbocycles. The number of rotatable bonds is 6. The molecule has 0 saturated heterocycles. The fourth-order valence-corrected chi connectivity index (χ4v) is 1.40. The van der Waals surface area contributed by atoms with Gasteiger partial charge in [0.05, 0.1) is 5.92 Å². The second-order valence-corrected chi connectivity index (χ2v) is 3.83. The van der Waals surface area contributed by atoms with Gasteiger partial charge in [0, 0.05) is 13.1 Å². The van der Waals surface area contributed by atoms with Crippen molar-refractivity contribution in [3.63, 3.8) is 0 Å². The largest absolute Gasteiger partial charge is 0.480 e. The molecule has 15 heavy (non-hydrogen) atoms. The summed E-state index contributed by atoms with van der Waals surface area (Å²) in [6.07, 6.45) is 0. The van der Waals surface area contributed by atoms with Crippen molar-refractivity contribution in [2.24, 2.45) is 17.6 Å². The highest BCUT2D eigenvalue weighted by Crippen LogP contribution is 2.12. The predicted octanol–water partition coefficient (Wildman–Crippen LogP) is 0.150. The average Bonchev–Trinajstić information content (AvgIpc) is 2.14. The molecular formula is C10H20N2O3. The van der Waals surface area contributed by atoms with Gasteiger partial charge in [-0.1, -0.05) is 13.8 Å². The summed E-state index contributed by atoms with van der Waals surface area (Å²) in [6, 6.07) is 0. The molecular weight excluding hydrogens is 196 g/mol. The van der Waals surface area contributed by atoms with E-state index in [0.717, 1.165) is 0 Å². The number of carbonyl (C=O) groups is 2. The van der Waals surface area contributed by atoms with Crippen LogP contribution in [0.25, 0.3) is 0 Å². The van der Waals surface area contributed by atoms with Gasteiger partial charge >= 0.3 is 5.97 Å². The van der Waals surface area contributed by atoms with E-state index in [0.29, 0.717) is 6.54 Å². The van der Waals surface area contributed by atoms with Crippen molar-refractivity contribution in [3.8, 4) is 0 Å². The normalized spacial score (nSPS) is 12.6. The molecule has 0 fully saturated rings. The summed E-state index contributed by atoms with van der Waals surface area (Å²) in [5, 5.41) is 8.63. The Morgan fingerprint density at radius 2 is 1.93 bits per heavy atom. The maximum atomic E-state index is 11.9. The first-order valence-electron chi connectivity index (χ1n) is 5.14. The minimum Gasteiger partial charge on any atom is -0.480 e. The SMILES string of the molecule is CCN(CC(=O)O)C(=O)C(CN)C(C)C. The lowest BCUT2D eigenvalue weighted by Crippen LogP contribution is -2.43. The van der Waals surface area contributed by atoms with Crippen molar-refractivity contribution in [1.82, 2.24) is 4.90 Å². The van der Waals surface area contributed by atoms with Crippen LogP contribution >= 0.6 is 0 Å². The van der Waals surface area contributed by atoms with E-state index in [1.165, 1.54) is 4.90 Å². The lowest BCUT2D eigenvalue weighted by Gasteiger charge is -2.26. The van der Waals surface area contributed by atoms with Crippen LogP contribution in [-0.4, -0.2) is 41.5 Å². The third kappa shape index (κ3) is 4.29. The monoisotopic (exact) mass is 216 g/mol. The lowest BCUT2D eigenvalue weighted by molar-refractivity contribution is -0.146. The van der Waals surface area contributed by atoms with Crippen molar-refractivity contribution < 1.29 is 14.7 Å². The highest BCUT2D eigenvalue weighted by Gasteiger charge is 2.25. The molecule has 1 amide bonds. The maximum Gasteiger partial charge on any atom is 0.323 e.